The van der Waals surface area contributed by atoms with Crippen molar-refractivity contribution in [3.05, 3.63) is 95.6 Å². The van der Waals surface area contributed by atoms with Gasteiger partial charge in [0.05, 0.1) is 9.79 Å². The molecule has 0 amide bonds. The zero-order chi connectivity index (χ0) is 26.9. The first-order valence-corrected chi connectivity index (χ1v) is 12.5. The van der Waals surface area contributed by atoms with Gasteiger partial charge in [-0.15, -0.1) is 0 Å². The Balaban J connectivity index is 1.44. The predicted molar refractivity (Wildman–Crippen MR) is 144 cm³/mol. The number of phenolic OH excluding ortho intramolecular Hbond substituents is 1. The van der Waals surface area contributed by atoms with E-state index in [1.165, 1.54) is 0 Å². The molecule has 2 aliphatic rings. The molecule has 0 saturated heterocycles. The molecule has 1 aliphatic carbocycles. The Morgan fingerprint density at radius 3 is 2.66 bits per heavy atom. The molecule has 1 aliphatic heterocycles. The average Bonchev–Trinajstić information content (AvgIpc) is 3.36. The molecule has 5 heteroatoms. The maximum absolute atomic E-state index is 10.2. The van der Waals surface area contributed by atoms with Crippen LogP contribution < -0.4 is 4.74 Å². The fraction of sp³-hybridized carbons (Fsp3) is 0.267. The highest BCUT2D eigenvalue weighted by atomic mass is 32.2. The van der Waals surface area contributed by atoms with Crippen molar-refractivity contribution < 1.29 is 14.0 Å². The molecular weight excluding hydrogens is 452 g/mol. The molecular formula is C30H28N2O2S. The van der Waals surface area contributed by atoms with Gasteiger partial charge in [-0.25, -0.2) is 4.98 Å². The Bertz CT molecular complexity index is 1610. The van der Waals surface area contributed by atoms with Crippen molar-refractivity contribution in [3.63, 3.8) is 0 Å². The Morgan fingerprint density at radius 2 is 1.83 bits per heavy atom. The van der Waals surface area contributed by atoms with Crippen LogP contribution in [-0.4, -0.2) is 19.9 Å². The highest BCUT2D eigenvalue weighted by Gasteiger charge is 2.64. The Hall–Kier alpha value is -3.31. The minimum absolute atomic E-state index is 0.0904. The largest absolute Gasteiger partial charge is 0.506 e. The van der Waals surface area contributed by atoms with Gasteiger partial charge in [-0.3, -0.25) is 4.99 Å². The summed E-state index contributed by atoms with van der Waals surface area (Å²) >= 11 is 1.58. The second-order valence-electron chi connectivity index (χ2n) is 10.3. The zero-order valence-electron chi connectivity index (χ0n) is 22.9. The standard InChI is InChI=1S/C30H28N2O2S/c1-28(2,3)30-18-21-9-5-6-13-23(21)29(30,4)32-27(35-30)20-11-7-12-22(17-20)34-25-16-15-19-10-8-14-24(33)26(19)31-25/h5-17,33H,18H2,1-4H3/t29-,30-/m0/s1/i4D3. The van der Waals surface area contributed by atoms with E-state index >= 15 is 0 Å². The van der Waals surface area contributed by atoms with Gasteiger partial charge in [0.2, 0.25) is 5.88 Å². The molecule has 0 saturated carbocycles. The highest BCUT2D eigenvalue weighted by Crippen LogP contribution is 2.65. The molecule has 176 valence electrons. The molecule has 1 N–H and O–H groups in total. The second-order valence-corrected chi connectivity index (χ2v) is 11.6. The third-order valence-corrected chi connectivity index (χ3v) is 9.08. The lowest BCUT2D eigenvalue weighted by Crippen LogP contribution is -2.50. The summed E-state index contributed by atoms with van der Waals surface area (Å²) < 4.78 is 31.7. The van der Waals surface area contributed by atoms with E-state index in [1.807, 2.05) is 60.7 Å². The fourth-order valence-electron chi connectivity index (χ4n) is 5.31. The van der Waals surface area contributed by atoms with E-state index < -0.39 is 17.1 Å². The third-order valence-electron chi connectivity index (χ3n) is 7.16. The lowest BCUT2D eigenvalue weighted by Gasteiger charge is -2.46. The number of aromatic hydroxyl groups is 1. The number of thioether (sulfide) groups is 1. The molecule has 3 aromatic carbocycles. The van der Waals surface area contributed by atoms with Crippen LogP contribution in [0.25, 0.3) is 10.9 Å². The van der Waals surface area contributed by atoms with Crippen LogP contribution in [0.4, 0.5) is 0 Å². The number of hydrogen-bond donors (Lipinski definition) is 1. The molecule has 2 heterocycles. The van der Waals surface area contributed by atoms with Crippen molar-refractivity contribution in [2.24, 2.45) is 10.4 Å². The fourth-order valence-corrected chi connectivity index (χ4v) is 6.90. The van der Waals surface area contributed by atoms with E-state index in [4.69, 9.17) is 13.8 Å². The molecule has 0 radical (unpaired) electrons. The third kappa shape index (κ3) is 3.29. The number of ether oxygens (including phenoxy) is 1. The van der Waals surface area contributed by atoms with Crippen molar-refractivity contribution in [2.75, 3.05) is 0 Å². The van der Waals surface area contributed by atoms with Crippen LogP contribution in [0, 0.1) is 5.41 Å². The van der Waals surface area contributed by atoms with Gasteiger partial charge in [0.1, 0.15) is 22.6 Å². The van der Waals surface area contributed by atoms with Crippen LogP contribution in [0.5, 0.6) is 17.4 Å². The van der Waals surface area contributed by atoms with Gasteiger partial charge >= 0.3 is 0 Å². The number of benzene rings is 3. The molecule has 4 aromatic rings. The predicted octanol–water partition coefficient (Wildman–Crippen LogP) is 7.48. The quantitative estimate of drug-likeness (QED) is 0.328. The molecule has 1 aromatic heterocycles. The molecule has 0 fully saturated rings. The van der Waals surface area contributed by atoms with Gasteiger partial charge < -0.3 is 9.84 Å². The van der Waals surface area contributed by atoms with Crippen LogP contribution in [-0.2, 0) is 12.0 Å². The number of pyridine rings is 1. The summed E-state index contributed by atoms with van der Waals surface area (Å²) in [5, 5.41) is 11.7. The van der Waals surface area contributed by atoms with Crippen molar-refractivity contribution in [2.45, 2.75) is 44.3 Å². The minimum atomic E-state index is -2.34. The number of aliphatic imine (C=N–C) groups is 1. The summed E-state index contributed by atoms with van der Waals surface area (Å²) in [4.78, 5) is 9.59. The molecule has 0 bridgehead atoms. The lowest BCUT2D eigenvalue weighted by molar-refractivity contribution is 0.203. The second kappa shape index (κ2) is 7.59. The number of aromatic nitrogens is 1. The normalized spacial score (nSPS) is 24.8. The number of phenols is 1. The summed E-state index contributed by atoms with van der Waals surface area (Å²) in [6.07, 6.45) is 0.628. The topological polar surface area (TPSA) is 54.7 Å². The first-order chi connectivity index (χ1) is 18.0. The van der Waals surface area contributed by atoms with Crippen molar-refractivity contribution in [1.29, 1.82) is 0 Å². The minimum Gasteiger partial charge on any atom is -0.506 e. The van der Waals surface area contributed by atoms with E-state index in [0.29, 0.717) is 28.6 Å². The SMILES string of the molecule is [2H]C([2H])([2H])[C@@]12N=C(c3cccc(Oc4ccc5cccc(O)c5n4)c3)S[C@]1(C(C)(C)C)Cc1ccccc12. The van der Waals surface area contributed by atoms with E-state index in [9.17, 15) is 5.11 Å². The van der Waals surface area contributed by atoms with E-state index in [0.717, 1.165) is 22.1 Å². The van der Waals surface area contributed by atoms with Gasteiger partial charge in [0.25, 0.3) is 0 Å². The van der Waals surface area contributed by atoms with Crippen LogP contribution in [0.15, 0.2) is 83.9 Å². The van der Waals surface area contributed by atoms with Gasteiger partial charge in [-0.05, 0) is 54.1 Å². The Labute approximate surface area is 214 Å². The molecule has 4 nitrogen and oxygen atoms in total. The van der Waals surface area contributed by atoms with E-state index in [1.54, 1.807) is 30.0 Å². The van der Waals surface area contributed by atoms with Gasteiger partial charge in [-0.1, -0.05) is 81.1 Å². The van der Waals surface area contributed by atoms with E-state index in [-0.39, 0.29) is 11.2 Å². The van der Waals surface area contributed by atoms with Crippen molar-refractivity contribution in [1.82, 2.24) is 4.98 Å². The summed E-state index contributed by atoms with van der Waals surface area (Å²) in [5.74, 6) is 0.999. The summed E-state index contributed by atoms with van der Waals surface area (Å²) in [5.41, 5.74) is 1.40. The first-order valence-electron chi connectivity index (χ1n) is 13.2. The molecule has 0 unspecified atom stereocenters. The number of rotatable bonds is 3. The van der Waals surface area contributed by atoms with Crippen LogP contribution in [0.2, 0.25) is 0 Å². The average molecular weight is 484 g/mol. The van der Waals surface area contributed by atoms with Gasteiger partial charge in [-0.2, -0.15) is 0 Å². The number of para-hydroxylation sites is 1. The summed E-state index contributed by atoms with van der Waals surface area (Å²) in [6.45, 7) is 4.01. The maximum atomic E-state index is 10.2. The van der Waals surface area contributed by atoms with Gasteiger partial charge in [0.15, 0.2) is 0 Å². The molecule has 0 spiro atoms. The summed E-state index contributed by atoms with van der Waals surface area (Å²) in [7, 11) is 0. The zero-order valence-corrected chi connectivity index (χ0v) is 20.7. The molecule has 2 atom stereocenters. The van der Waals surface area contributed by atoms with Crippen molar-refractivity contribution >= 4 is 27.7 Å². The highest BCUT2D eigenvalue weighted by molar-refractivity contribution is 8.16. The van der Waals surface area contributed by atoms with Crippen LogP contribution in [0.3, 0.4) is 0 Å². The lowest BCUT2D eigenvalue weighted by atomic mass is 9.69. The molecule has 35 heavy (non-hydrogen) atoms. The number of fused-ring (bicyclic) bond motifs is 4. The summed E-state index contributed by atoms with van der Waals surface area (Å²) in [6, 6.07) is 24.2. The van der Waals surface area contributed by atoms with Crippen molar-refractivity contribution in [3.8, 4) is 17.4 Å². The smallest absolute Gasteiger partial charge is 0.219 e. The number of hydrogen-bond acceptors (Lipinski definition) is 5. The van der Waals surface area contributed by atoms with E-state index in [2.05, 4.69) is 25.8 Å². The van der Waals surface area contributed by atoms with Crippen LogP contribution >= 0.6 is 11.8 Å². The maximum Gasteiger partial charge on any atom is 0.219 e. The number of nitrogens with zero attached hydrogens (tertiary/aromatic N) is 2. The Morgan fingerprint density at radius 1 is 1.00 bits per heavy atom. The molecule has 6 rings (SSSR count). The van der Waals surface area contributed by atoms with Crippen LogP contribution in [0.1, 0.15) is 48.4 Å². The first kappa shape index (κ1) is 18.9. The Kier molecular flexibility index (Phi) is 4.11. The van der Waals surface area contributed by atoms with Gasteiger partial charge in [0, 0.05) is 21.1 Å². The monoisotopic (exact) mass is 483 g/mol.